The standard InChI is InChI=1S/C11H13F2NO4S2/c1-11(5-6-19(15,16)7-11)14-20(17,18)10-8(12)3-2-4-9(10)13/h2-4,14H,5-7H2,1H3/t11-/m1/s1. The molecule has 0 saturated carbocycles. The fourth-order valence-corrected chi connectivity index (χ4v) is 5.96. The molecule has 0 spiro atoms. The monoisotopic (exact) mass is 325 g/mol. The van der Waals surface area contributed by atoms with Gasteiger partial charge in [-0.15, -0.1) is 0 Å². The minimum Gasteiger partial charge on any atom is -0.229 e. The average Bonchev–Trinajstić information content (AvgIpc) is 2.50. The molecule has 112 valence electrons. The van der Waals surface area contributed by atoms with E-state index in [1.54, 1.807) is 0 Å². The second-order valence-electron chi connectivity index (χ2n) is 5.06. The van der Waals surface area contributed by atoms with E-state index in [2.05, 4.69) is 4.72 Å². The highest BCUT2D eigenvalue weighted by molar-refractivity contribution is 7.92. The number of benzene rings is 1. The Kier molecular flexibility index (Phi) is 3.64. The van der Waals surface area contributed by atoms with E-state index >= 15 is 0 Å². The van der Waals surface area contributed by atoms with E-state index in [0.717, 1.165) is 18.2 Å². The zero-order valence-electron chi connectivity index (χ0n) is 10.6. The summed E-state index contributed by atoms with van der Waals surface area (Å²) in [6, 6.07) is 2.70. The van der Waals surface area contributed by atoms with Crippen molar-refractivity contribution in [2.24, 2.45) is 0 Å². The van der Waals surface area contributed by atoms with E-state index in [4.69, 9.17) is 0 Å². The van der Waals surface area contributed by atoms with E-state index in [-0.39, 0.29) is 12.2 Å². The van der Waals surface area contributed by atoms with Gasteiger partial charge in [-0.05, 0) is 25.5 Å². The Balaban J connectivity index is 2.38. The highest BCUT2D eigenvalue weighted by Crippen LogP contribution is 2.27. The van der Waals surface area contributed by atoms with Crippen molar-refractivity contribution >= 4 is 19.9 Å². The third kappa shape index (κ3) is 2.99. The summed E-state index contributed by atoms with van der Waals surface area (Å²) < 4.78 is 76.1. The maximum atomic E-state index is 13.5. The predicted molar refractivity (Wildman–Crippen MR) is 68.4 cm³/mol. The number of hydrogen-bond acceptors (Lipinski definition) is 4. The third-order valence-corrected chi connectivity index (χ3v) is 6.66. The Morgan fingerprint density at radius 1 is 1.25 bits per heavy atom. The van der Waals surface area contributed by atoms with Crippen LogP contribution < -0.4 is 4.72 Å². The van der Waals surface area contributed by atoms with E-state index in [1.807, 2.05) is 0 Å². The van der Waals surface area contributed by atoms with Gasteiger partial charge in [0.15, 0.2) is 14.7 Å². The summed E-state index contributed by atoms with van der Waals surface area (Å²) in [5.41, 5.74) is -1.26. The molecule has 1 aliphatic rings. The van der Waals surface area contributed by atoms with E-state index in [1.165, 1.54) is 6.92 Å². The van der Waals surface area contributed by atoms with Crippen LogP contribution in [0.2, 0.25) is 0 Å². The second-order valence-corrected chi connectivity index (χ2v) is 8.86. The summed E-state index contributed by atoms with van der Waals surface area (Å²) in [4.78, 5) is -1.09. The van der Waals surface area contributed by atoms with Crippen molar-refractivity contribution in [3.63, 3.8) is 0 Å². The molecule has 0 aliphatic carbocycles. The Labute approximate surface area is 116 Å². The molecule has 1 N–H and O–H groups in total. The van der Waals surface area contributed by atoms with Crippen LogP contribution in [0.25, 0.3) is 0 Å². The summed E-state index contributed by atoms with van der Waals surface area (Å²) in [5.74, 6) is -3.00. The fourth-order valence-electron chi connectivity index (χ4n) is 2.21. The molecule has 1 aromatic carbocycles. The SMILES string of the molecule is C[C@@]1(NS(=O)(=O)c2c(F)cccc2F)CCS(=O)(=O)C1. The Bertz CT molecular complexity index is 725. The molecular weight excluding hydrogens is 312 g/mol. The smallest absolute Gasteiger partial charge is 0.229 e. The topological polar surface area (TPSA) is 80.3 Å². The molecule has 1 fully saturated rings. The largest absolute Gasteiger partial charge is 0.246 e. The first-order valence-electron chi connectivity index (χ1n) is 5.73. The van der Waals surface area contributed by atoms with E-state index < -0.39 is 47.7 Å². The fraction of sp³-hybridized carbons (Fsp3) is 0.455. The van der Waals surface area contributed by atoms with Gasteiger partial charge < -0.3 is 0 Å². The first kappa shape index (κ1) is 15.3. The van der Waals surface area contributed by atoms with Gasteiger partial charge in [0.25, 0.3) is 0 Å². The van der Waals surface area contributed by atoms with Crippen LogP contribution in [0.4, 0.5) is 8.78 Å². The molecule has 1 saturated heterocycles. The van der Waals surface area contributed by atoms with Gasteiger partial charge in [0.05, 0.1) is 11.5 Å². The summed E-state index contributed by atoms with van der Waals surface area (Å²) >= 11 is 0. The molecule has 0 aromatic heterocycles. The molecule has 2 rings (SSSR count). The number of rotatable bonds is 3. The van der Waals surface area contributed by atoms with Crippen LogP contribution in [-0.2, 0) is 19.9 Å². The minimum atomic E-state index is -4.48. The predicted octanol–water partition coefficient (Wildman–Crippen LogP) is 0.820. The zero-order chi connectivity index (χ0) is 15.2. The highest BCUT2D eigenvalue weighted by Gasteiger charge is 2.42. The molecule has 1 heterocycles. The lowest BCUT2D eigenvalue weighted by atomic mass is 10.0. The molecule has 1 aliphatic heterocycles. The molecular formula is C11H13F2NO4S2. The van der Waals surface area contributed by atoms with Gasteiger partial charge in [0, 0.05) is 5.54 Å². The van der Waals surface area contributed by atoms with Crippen molar-refractivity contribution in [3.05, 3.63) is 29.8 Å². The van der Waals surface area contributed by atoms with Crippen molar-refractivity contribution < 1.29 is 25.6 Å². The lowest BCUT2D eigenvalue weighted by Gasteiger charge is -2.23. The Morgan fingerprint density at radius 3 is 2.25 bits per heavy atom. The number of halogens is 2. The quantitative estimate of drug-likeness (QED) is 0.892. The number of nitrogens with one attached hydrogen (secondary N) is 1. The minimum absolute atomic E-state index is 0.0602. The van der Waals surface area contributed by atoms with Crippen LogP contribution in [0.15, 0.2) is 23.1 Å². The van der Waals surface area contributed by atoms with Crippen LogP contribution in [0.1, 0.15) is 13.3 Å². The molecule has 0 unspecified atom stereocenters. The van der Waals surface area contributed by atoms with Gasteiger partial charge >= 0.3 is 0 Å². The number of sulfonamides is 1. The molecule has 9 heteroatoms. The van der Waals surface area contributed by atoms with Crippen LogP contribution >= 0.6 is 0 Å². The first-order chi connectivity index (χ1) is 9.05. The normalized spacial score (nSPS) is 25.8. The Morgan fingerprint density at radius 2 is 1.80 bits per heavy atom. The van der Waals surface area contributed by atoms with Gasteiger partial charge in [-0.3, -0.25) is 0 Å². The Hall–Kier alpha value is -1.06. The van der Waals surface area contributed by atoms with Gasteiger partial charge in [-0.1, -0.05) is 6.07 Å². The third-order valence-electron chi connectivity index (χ3n) is 3.07. The molecule has 0 amide bonds. The average molecular weight is 325 g/mol. The zero-order valence-corrected chi connectivity index (χ0v) is 12.2. The molecule has 0 radical (unpaired) electrons. The van der Waals surface area contributed by atoms with Crippen LogP contribution in [-0.4, -0.2) is 33.9 Å². The summed E-state index contributed by atoms with van der Waals surface area (Å²) in [6.45, 7) is 1.40. The first-order valence-corrected chi connectivity index (χ1v) is 9.04. The number of hydrogen-bond donors (Lipinski definition) is 1. The molecule has 1 atom stereocenters. The van der Waals surface area contributed by atoms with Gasteiger partial charge in [-0.2, -0.15) is 0 Å². The molecule has 5 nitrogen and oxygen atoms in total. The van der Waals surface area contributed by atoms with Gasteiger partial charge in [0.2, 0.25) is 10.0 Å². The van der Waals surface area contributed by atoms with E-state index in [0.29, 0.717) is 0 Å². The van der Waals surface area contributed by atoms with Crippen LogP contribution in [0, 0.1) is 11.6 Å². The summed E-state index contributed by atoms with van der Waals surface area (Å²) in [5, 5.41) is 0. The number of sulfone groups is 1. The lowest BCUT2D eigenvalue weighted by Crippen LogP contribution is -2.47. The van der Waals surface area contributed by atoms with E-state index in [9.17, 15) is 25.6 Å². The van der Waals surface area contributed by atoms with Crippen LogP contribution in [0.3, 0.4) is 0 Å². The van der Waals surface area contributed by atoms with Gasteiger partial charge in [-0.25, -0.2) is 30.3 Å². The van der Waals surface area contributed by atoms with Crippen molar-refractivity contribution in [2.75, 3.05) is 11.5 Å². The maximum absolute atomic E-state index is 13.5. The lowest BCUT2D eigenvalue weighted by molar-refractivity contribution is 0.452. The van der Waals surface area contributed by atoms with Crippen molar-refractivity contribution in [1.29, 1.82) is 0 Å². The van der Waals surface area contributed by atoms with Crippen molar-refractivity contribution in [3.8, 4) is 0 Å². The summed E-state index contributed by atoms with van der Waals surface area (Å²) in [7, 11) is -7.82. The molecule has 20 heavy (non-hydrogen) atoms. The van der Waals surface area contributed by atoms with Crippen molar-refractivity contribution in [2.45, 2.75) is 23.8 Å². The molecule has 1 aromatic rings. The highest BCUT2D eigenvalue weighted by atomic mass is 32.2. The van der Waals surface area contributed by atoms with Gasteiger partial charge in [0.1, 0.15) is 11.6 Å². The molecule has 0 bridgehead atoms. The maximum Gasteiger partial charge on any atom is 0.246 e. The summed E-state index contributed by atoms with van der Waals surface area (Å²) in [6.07, 6.45) is 0.0602. The van der Waals surface area contributed by atoms with Crippen LogP contribution in [0.5, 0.6) is 0 Å². The van der Waals surface area contributed by atoms with Crippen molar-refractivity contribution in [1.82, 2.24) is 4.72 Å². The second kappa shape index (κ2) is 4.74.